The van der Waals surface area contributed by atoms with Crippen molar-refractivity contribution in [3.05, 3.63) is 127 Å². The van der Waals surface area contributed by atoms with Gasteiger partial charge in [0, 0.05) is 22.5 Å². The van der Waals surface area contributed by atoms with Gasteiger partial charge in [-0.05, 0) is 49.2 Å². The first-order valence-corrected chi connectivity index (χ1v) is 15.3. The molecule has 2 unspecified atom stereocenters. The maximum Gasteiger partial charge on any atom is 0.246 e. The smallest absolute Gasteiger partial charge is 0.246 e. The fourth-order valence-electron chi connectivity index (χ4n) is 4.94. The van der Waals surface area contributed by atoms with Crippen molar-refractivity contribution in [3.8, 4) is 22.5 Å². The quantitative estimate of drug-likeness (QED) is 0.130. The van der Waals surface area contributed by atoms with Gasteiger partial charge in [0.25, 0.3) is 0 Å². The predicted molar refractivity (Wildman–Crippen MR) is 182 cm³/mol. The third kappa shape index (κ3) is 9.01. The number of hydrogen-bond acceptors (Lipinski definition) is 5. The Balaban J connectivity index is 1.14. The van der Waals surface area contributed by atoms with E-state index in [2.05, 4.69) is 31.2 Å². The minimum Gasteiger partial charge on any atom is -0.344 e. The van der Waals surface area contributed by atoms with Crippen molar-refractivity contribution in [2.24, 2.45) is 0 Å². The zero-order valence-corrected chi connectivity index (χ0v) is 26.1. The normalized spacial score (nSPS) is 12.0. The Morgan fingerprint density at radius 1 is 0.596 bits per heavy atom. The molecule has 0 fully saturated rings. The fraction of sp³-hybridized carbons (Fsp3) is 0.162. The third-order valence-corrected chi connectivity index (χ3v) is 7.46. The van der Waals surface area contributed by atoms with E-state index in [-0.39, 0.29) is 36.5 Å². The summed E-state index contributed by atoms with van der Waals surface area (Å²) in [5, 5.41) is 11.2. The minimum absolute atomic E-state index is 0.199. The molecule has 0 bridgehead atoms. The van der Waals surface area contributed by atoms with Gasteiger partial charge in [-0.15, -0.1) is 0 Å². The molecule has 10 nitrogen and oxygen atoms in total. The number of carbonyl (C=O) groups is 4. The molecule has 4 amide bonds. The molecule has 0 saturated heterocycles. The summed E-state index contributed by atoms with van der Waals surface area (Å²) in [5.74, 6) is -1.10. The van der Waals surface area contributed by atoms with Gasteiger partial charge in [0.15, 0.2) is 0 Å². The van der Waals surface area contributed by atoms with Gasteiger partial charge >= 0.3 is 0 Å². The molecule has 10 heteroatoms. The second-order valence-corrected chi connectivity index (χ2v) is 11.2. The SMILES string of the molecule is CC(NC(=O)Cc1ccccc1)C(=O)Nc1ccc(-c2nc[nH]c2-c2ccc(NC(=O)C(C)NC(=O)Cc3ccccc3)cc2)cc1. The minimum atomic E-state index is -0.710. The lowest BCUT2D eigenvalue weighted by Crippen LogP contribution is -2.42. The maximum absolute atomic E-state index is 12.7. The van der Waals surface area contributed by atoms with Gasteiger partial charge in [-0.25, -0.2) is 4.98 Å². The molecule has 0 spiro atoms. The van der Waals surface area contributed by atoms with Crippen LogP contribution in [-0.4, -0.2) is 45.7 Å². The van der Waals surface area contributed by atoms with Crippen LogP contribution in [0.4, 0.5) is 11.4 Å². The highest BCUT2D eigenvalue weighted by molar-refractivity contribution is 5.98. The summed E-state index contributed by atoms with van der Waals surface area (Å²) in [6.07, 6.45) is 2.01. The maximum atomic E-state index is 12.7. The van der Waals surface area contributed by atoms with Crippen LogP contribution in [0.15, 0.2) is 116 Å². The predicted octanol–water partition coefficient (Wildman–Crippen LogP) is 5.12. The number of imidazole rings is 1. The van der Waals surface area contributed by atoms with Crippen molar-refractivity contribution in [2.45, 2.75) is 38.8 Å². The van der Waals surface area contributed by atoms with Crippen LogP contribution in [0.25, 0.3) is 22.5 Å². The molecule has 0 aliphatic rings. The van der Waals surface area contributed by atoms with Crippen molar-refractivity contribution in [1.82, 2.24) is 20.6 Å². The summed E-state index contributed by atoms with van der Waals surface area (Å²) in [5.41, 5.74) is 6.13. The lowest BCUT2D eigenvalue weighted by atomic mass is 10.0. The summed E-state index contributed by atoms with van der Waals surface area (Å²) in [7, 11) is 0. The van der Waals surface area contributed by atoms with E-state index >= 15 is 0 Å². The summed E-state index contributed by atoms with van der Waals surface area (Å²) >= 11 is 0. The molecule has 1 aromatic heterocycles. The van der Waals surface area contributed by atoms with Crippen LogP contribution in [0, 0.1) is 0 Å². The second kappa shape index (κ2) is 15.3. The molecule has 0 aliphatic carbocycles. The molecule has 2 atom stereocenters. The van der Waals surface area contributed by atoms with Gasteiger partial charge in [-0.3, -0.25) is 19.2 Å². The van der Waals surface area contributed by atoms with Gasteiger partial charge in [0.1, 0.15) is 12.1 Å². The molecule has 5 aromatic rings. The molecular weight excluding hydrogens is 592 g/mol. The van der Waals surface area contributed by atoms with Crippen LogP contribution in [0.3, 0.4) is 0 Å². The summed E-state index contributed by atoms with van der Waals surface area (Å²) in [6, 6.07) is 31.9. The molecule has 0 radical (unpaired) electrons. The average molecular weight is 629 g/mol. The number of amides is 4. The van der Waals surface area contributed by atoms with Gasteiger partial charge in [0.05, 0.1) is 30.6 Å². The van der Waals surface area contributed by atoms with Crippen LogP contribution in [0.2, 0.25) is 0 Å². The number of H-pyrrole nitrogens is 1. The van der Waals surface area contributed by atoms with Crippen LogP contribution >= 0.6 is 0 Å². The van der Waals surface area contributed by atoms with Crippen molar-refractivity contribution < 1.29 is 19.2 Å². The lowest BCUT2D eigenvalue weighted by molar-refractivity contribution is -0.125. The first kappa shape index (κ1) is 32.4. The van der Waals surface area contributed by atoms with Crippen molar-refractivity contribution >= 4 is 35.0 Å². The highest BCUT2D eigenvalue weighted by Crippen LogP contribution is 2.30. The summed E-state index contributed by atoms with van der Waals surface area (Å²) in [6.45, 7) is 3.29. The van der Waals surface area contributed by atoms with E-state index in [1.54, 1.807) is 44.4 Å². The van der Waals surface area contributed by atoms with Gasteiger partial charge < -0.3 is 26.3 Å². The summed E-state index contributed by atoms with van der Waals surface area (Å²) in [4.78, 5) is 57.8. The fourth-order valence-corrected chi connectivity index (χ4v) is 4.94. The largest absolute Gasteiger partial charge is 0.344 e. The molecule has 1 heterocycles. The number of hydrogen-bond donors (Lipinski definition) is 5. The highest BCUT2D eigenvalue weighted by atomic mass is 16.2. The molecular formula is C37H36N6O4. The van der Waals surface area contributed by atoms with Gasteiger partial charge in [-0.1, -0.05) is 84.9 Å². The van der Waals surface area contributed by atoms with Crippen LogP contribution in [-0.2, 0) is 32.0 Å². The van der Waals surface area contributed by atoms with Crippen molar-refractivity contribution in [2.75, 3.05) is 10.6 Å². The Hall–Kier alpha value is -6.03. The number of nitrogens with one attached hydrogen (secondary N) is 5. The summed E-state index contributed by atoms with van der Waals surface area (Å²) < 4.78 is 0. The number of rotatable bonds is 12. The Kier molecular flexibility index (Phi) is 10.5. The van der Waals surface area contributed by atoms with Crippen molar-refractivity contribution in [3.63, 3.8) is 0 Å². The Morgan fingerprint density at radius 2 is 1.02 bits per heavy atom. The van der Waals surface area contributed by atoms with Gasteiger partial charge in [0.2, 0.25) is 23.6 Å². The van der Waals surface area contributed by atoms with E-state index in [1.165, 1.54) is 0 Å². The topological polar surface area (TPSA) is 145 Å². The highest BCUT2D eigenvalue weighted by Gasteiger charge is 2.18. The molecule has 238 valence electrons. The van der Waals surface area contributed by atoms with E-state index < -0.39 is 12.1 Å². The van der Waals surface area contributed by atoms with E-state index in [0.29, 0.717) is 11.4 Å². The van der Waals surface area contributed by atoms with Crippen LogP contribution < -0.4 is 21.3 Å². The Bertz CT molecular complexity index is 1690. The Morgan fingerprint density at radius 3 is 1.47 bits per heavy atom. The standard InChI is InChI=1S/C37H36N6O4/c1-24(40-32(44)21-26-9-5-3-6-10-26)36(46)42-30-17-13-28(14-18-30)34-35(39-23-38-34)29-15-19-31(20-16-29)43-37(47)25(2)41-33(45)22-27-11-7-4-8-12-27/h3-20,23-25H,21-22H2,1-2H3,(H,38,39)(H,40,44)(H,41,45)(H,42,46)(H,43,47). The first-order valence-electron chi connectivity index (χ1n) is 15.3. The van der Waals surface area contributed by atoms with E-state index in [1.807, 2.05) is 84.9 Å². The second-order valence-electron chi connectivity index (χ2n) is 11.2. The van der Waals surface area contributed by atoms with Crippen LogP contribution in [0.5, 0.6) is 0 Å². The first-order chi connectivity index (χ1) is 22.7. The number of anilines is 2. The molecule has 5 rings (SSSR count). The van der Waals surface area contributed by atoms with Gasteiger partial charge in [-0.2, -0.15) is 0 Å². The molecule has 4 aromatic carbocycles. The Labute approximate surface area is 273 Å². The third-order valence-electron chi connectivity index (χ3n) is 7.46. The number of nitrogens with zero attached hydrogens (tertiary/aromatic N) is 1. The monoisotopic (exact) mass is 628 g/mol. The number of aromatic nitrogens is 2. The number of benzene rings is 4. The van der Waals surface area contributed by atoms with Crippen molar-refractivity contribution in [1.29, 1.82) is 0 Å². The lowest BCUT2D eigenvalue weighted by Gasteiger charge is -2.15. The number of carbonyl (C=O) groups excluding carboxylic acids is 4. The number of aromatic amines is 1. The molecule has 47 heavy (non-hydrogen) atoms. The molecule has 5 N–H and O–H groups in total. The van der Waals surface area contributed by atoms with E-state index in [0.717, 1.165) is 33.6 Å². The van der Waals surface area contributed by atoms with Crippen LogP contribution in [0.1, 0.15) is 25.0 Å². The molecule has 0 saturated carbocycles. The zero-order valence-electron chi connectivity index (χ0n) is 26.1. The average Bonchev–Trinajstić information content (AvgIpc) is 3.56. The van der Waals surface area contributed by atoms with E-state index in [4.69, 9.17) is 0 Å². The van der Waals surface area contributed by atoms with E-state index in [9.17, 15) is 19.2 Å². The molecule has 0 aliphatic heterocycles. The zero-order chi connectivity index (χ0) is 33.2.